The van der Waals surface area contributed by atoms with Crippen LogP contribution in [0.2, 0.25) is 0 Å². The van der Waals surface area contributed by atoms with Crippen molar-refractivity contribution in [1.29, 1.82) is 0 Å². The first kappa shape index (κ1) is 13.3. The summed E-state index contributed by atoms with van der Waals surface area (Å²) in [6, 6.07) is 0.303. The van der Waals surface area contributed by atoms with Crippen LogP contribution in [0.15, 0.2) is 0 Å². The molecule has 90 valence electrons. The van der Waals surface area contributed by atoms with Gasteiger partial charge >= 0.3 is 0 Å². The summed E-state index contributed by atoms with van der Waals surface area (Å²) in [5.74, 6) is 1.07. The van der Waals surface area contributed by atoms with E-state index in [1.807, 2.05) is 0 Å². The van der Waals surface area contributed by atoms with E-state index in [9.17, 15) is 5.11 Å². The Morgan fingerprint density at radius 2 is 2.07 bits per heavy atom. The molecule has 1 saturated carbocycles. The summed E-state index contributed by atoms with van der Waals surface area (Å²) < 4.78 is 0. The van der Waals surface area contributed by atoms with Crippen LogP contribution >= 0.6 is 11.8 Å². The third kappa shape index (κ3) is 5.79. The lowest BCUT2D eigenvalue weighted by atomic mass is 10.0. The second-order valence-corrected chi connectivity index (χ2v) is 5.76. The standard InChI is InChI=1S/C12H25NOS/c1-2-8-13-11(9-14)10-15-12-6-4-3-5-7-12/h11-14H,2-10H2,1H3. The molecule has 1 rings (SSSR count). The minimum Gasteiger partial charge on any atom is -0.395 e. The van der Waals surface area contributed by atoms with Gasteiger partial charge in [-0.1, -0.05) is 26.2 Å². The molecule has 0 aromatic carbocycles. The van der Waals surface area contributed by atoms with Crippen molar-refractivity contribution >= 4 is 11.8 Å². The van der Waals surface area contributed by atoms with Crippen LogP contribution in [0.1, 0.15) is 45.4 Å². The SMILES string of the molecule is CCCNC(CO)CSC1CCCCC1. The van der Waals surface area contributed by atoms with Crippen molar-refractivity contribution in [2.45, 2.75) is 56.7 Å². The van der Waals surface area contributed by atoms with Gasteiger partial charge in [-0.3, -0.25) is 0 Å². The highest BCUT2D eigenvalue weighted by atomic mass is 32.2. The minimum atomic E-state index is 0.278. The van der Waals surface area contributed by atoms with E-state index in [-0.39, 0.29) is 6.61 Å². The van der Waals surface area contributed by atoms with Gasteiger partial charge in [0.1, 0.15) is 0 Å². The Morgan fingerprint density at radius 1 is 1.33 bits per heavy atom. The second-order valence-electron chi connectivity index (χ2n) is 4.43. The van der Waals surface area contributed by atoms with Gasteiger partial charge in [0.05, 0.1) is 6.61 Å². The molecule has 2 nitrogen and oxygen atoms in total. The van der Waals surface area contributed by atoms with E-state index in [0.717, 1.165) is 24.0 Å². The van der Waals surface area contributed by atoms with Crippen molar-refractivity contribution < 1.29 is 5.11 Å². The lowest BCUT2D eigenvalue weighted by molar-refractivity contribution is 0.254. The summed E-state index contributed by atoms with van der Waals surface area (Å²) in [5, 5.41) is 13.5. The summed E-state index contributed by atoms with van der Waals surface area (Å²) >= 11 is 2.06. The molecule has 1 aliphatic carbocycles. The normalized spacial score (nSPS) is 20.4. The first-order valence-electron chi connectivity index (χ1n) is 6.32. The molecule has 2 N–H and O–H groups in total. The van der Waals surface area contributed by atoms with E-state index < -0.39 is 0 Å². The Bertz CT molecular complexity index is 149. The zero-order valence-electron chi connectivity index (χ0n) is 9.87. The van der Waals surface area contributed by atoms with Crippen LogP contribution in [0, 0.1) is 0 Å². The van der Waals surface area contributed by atoms with E-state index >= 15 is 0 Å². The van der Waals surface area contributed by atoms with Crippen LogP contribution in [-0.4, -0.2) is 35.3 Å². The fourth-order valence-corrected chi connectivity index (χ4v) is 3.40. The lowest BCUT2D eigenvalue weighted by Crippen LogP contribution is -2.35. The third-order valence-corrected chi connectivity index (χ3v) is 4.53. The van der Waals surface area contributed by atoms with Gasteiger partial charge in [0.15, 0.2) is 0 Å². The van der Waals surface area contributed by atoms with Crippen molar-refractivity contribution in [1.82, 2.24) is 5.32 Å². The van der Waals surface area contributed by atoms with E-state index in [0.29, 0.717) is 6.04 Å². The minimum absolute atomic E-state index is 0.278. The Labute approximate surface area is 98.2 Å². The summed E-state index contributed by atoms with van der Waals surface area (Å²) in [6.07, 6.45) is 8.15. The molecule has 0 aromatic heterocycles. The smallest absolute Gasteiger partial charge is 0.0592 e. The maximum atomic E-state index is 9.21. The van der Waals surface area contributed by atoms with E-state index in [4.69, 9.17) is 0 Å². The molecule has 1 fully saturated rings. The van der Waals surface area contributed by atoms with E-state index in [1.54, 1.807) is 0 Å². The number of hydrogen-bond acceptors (Lipinski definition) is 3. The monoisotopic (exact) mass is 231 g/mol. The Kier molecular flexibility index (Phi) is 7.49. The molecule has 0 bridgehead atoms. The molecular weight excluding hydrogens is 206 g/mol. The number of aliphatic hydroxyl groups is 1. The zero-order chi connectivity index (χ0) is 10.9. The number of hydrogen-bond donors (Lipinski definition) is 2. The molecular formula is C12H25NOS. The maximum absolute atomic E-state index is 9.21. The van der Waals surface area contributed by atoms with Crippen LogP contribution < -0.4 is 5.32 Å². The van der Waals surface area contributed by atoms with Crippen molar-refractivity contribution in [2.75, 3.05) is 18.9 Å². The van der Waals surface area contributed by atoms with Crippen molar-refractivity contribution in [3.63, 3.8) is 0 Å². The van der Waals surface area contributed by atoms with Gasteiger partial charge < -0.3 is 10.4 Å². The molecule has 0 aliphatic heterocycles. The van der Waals surface area contributed by atoms with Crippen LogP contribution in [0.5, 0.6) is 0 Å². The summed E-state index contributed by atoms with van der Waals surface area (Å²) in [6.45, 7) is 3.46. The van der Waals surface area contributed by atoms with Gasteiger partial charge in [0, 0.05) is 17.0 Å². The molecule has 0 amide bonds. The van der Waals surface area contributed by atoms with E-state index in [1.165, 1.54) is 32.1 Å². The Morgan fingerprint density at radius 3 is 2.67 bits per heavy atom. The molecule has 1 aliphatic rings. The largest absolute Gasteiger partial charge is 0.395 e. The molecule has 0 spiro atoms. The van der Waals surface area contributed by atoms with Gasteiger partial charge in [-0.25, -0.2) is 0 Å². The summed E-state index contributed by atoms with van der Waals surface area (Å²) in [5.41, 5.74) is 0. The first-order valence-corrected chi connectivity index (χ1v) is 7.37. The molecule has 0 saturated heterocycles. The second kappa shape index (κ2) is 8.43. The molecule has 0 aromatic rings. The van der Waals surface area contributed by atoms with Gasteiger partial charge in [-0.2, -0.15) is 11.8 Å². The summed E-state index contributed by atoms with van der Waals surface area (Å²) in [4.78, 5) is 0. The topological polar surface area (TPSA) is 32.3 Å². The van der Waals surface area contributed by atoms with Crippen molar-refractivity contribution in [3.8, 4) is 0 Å². The Hall–Kier alpha value is 0.270. The van der Waals surface area contributed by atoms with Gasteiger partial charge in [0.2, 0.25) is 0 Å². The number of thioether (sulfide) groups is 1. The average Bonchev–Trinajstić information content (AvgIpc) is 2.31. The fraction of sp³-hybridized carbons (Fsp3) is 1.00. The molecule has 0 radical (unpaired) electrons. The highest BCUT2D eigenvalue weighted by Gasteiger charge is 2.15. The molecule has 3 heteroatoms. The number of nitrogens with one attached hydrogen (secondary N) is 1. The quantitative estimate of drug-likeness (QED) is 0.706. The zero-order valence-corrected chi connectivity index (χ0v) is 10.7. The third-order valence-electron chi connectivity index (χ3n) is 2.99. The highest BCUT2D eigenvalue weighted by Crippen LogP contribution is 2.28. The van der Waals surface area contributed by atoms with Crippen LogP contribution in [0.4, 0.5) is 0 Å². The van der Waals surface area contributed by atoms with Gasteiger partial charge in [-0.15, -0.1) is 0 Å². The van der Waals surface area contributed by atoms with Crippen molar-refractivity contribution in [3.05, 3.63) is 0 Å². The van der Waals surface area contributed by atoms with Gasteiger partial charge in [-0.05, 0) is 25.8 Å². The number of aliphatic hydroxyl groups excluding tert-OH is 1. The van der Waals surface area contributed by atoms with Crippen molar-refractivity contribution in [2.24, 2.45) is 0 Å². The van der Waals surface area contributed by atoms with E-state index in [2.05, 4.69) is 24.0 Å². The predicted molar refractivity (Wildman–Crippen MR) is 68.5 cm³/mol. The number of rotatable bonds is 7. The molecule has 1 unspecified atom stereocenters. The van der Waals surface area contributed by atoms with Crippen LogP contribution in [0.3, 0.4) is 0 Å². The first-order chi connectivity index (χ1) is 7.36. The molecule has 1 atom stereocenters. The highest BCUT2D eigenvalue weighted by molar-refractivity contribution is 7.99. The maximum Gasteiger partial charge on any atom is 0.0592 e. The summed E-state index contributed by atoms with van der Waals surface area (Å²) in [7, 11) is 0. The lowest BCUT2D eigenvalue weighted by Gasteiger charge is -2.23. The average molecular weight is 231 g/mol. The molecule has 0 heterocycles. The van der Waals surface area contributed by atoms with Gasteiger partial charge in [0.25, 0.3) is 0 Å². The predicted octanol–water partition coefficient (Wildman–Crippen LogP) is 2.41. The molecule has 15 heavy (non-hydrogen) atoms. The Balaban J connectivity index is 2.09. The van der Waals surface area contributed by atoms with Crippen LogP contribution in [-0.2, 0) is 0 Å². The van der Waals surface area contributed by atoms with Crippen LogP contribution in [0.25, 0.3) is 0 Å². The fourth-order valence-electron chi connectivity index (χ4n) is 2.01.